The molecule has 9 nitrogen and oxygen atoms in total. The number of rotatable bonds is 4. The number of halogens is 1. The summed E-state index contributed by atoms with van der Waals surface area (Å²) >= 11 is 1.20. The number of carbonyl (C=O) groups is 1. The van der Waals surface area contributed by atoms with Gasteiger partial charge >= 0.3 is 5.97 Å². The SMILES string of the molecule is COc1c(F)c(N2CC(O)C2)nc2c1c(=O)c(C(=O)O)cn2-c1nccs1. The van der Waals surface area contributed by atoms with E-state index in [4.69, 9.17) is 4.74 Å². The molecular weight excluding hydrogens is 379 g/mol. The predicted molar refractivity (Wildman–Crippen MR) is 94.7 cm³/mol. The summed E-state index contributed by atoms with van der Waals surface area (Å²) in [6.07, 6.45) is 2.03. The number of pyridine rings is 2. The van der Waals surface area contributed by atoms with Crippen molar-refractivity contribution in [3.63, 3.8) is 0 Å². The first-order chi connectivity index (χ1) is 12.9. The molecule has 0 atom stereocenters. The molecule has 4 rings (SSSR count). The first-order valence-corrected chi connectivity index (χ1v) is 8.69. The number of methoxy groups -OCH3 is 1. The third kappa shape index (κ3) is 2.62. The third-order valence-corrected chi connectivity index (χ3v) is 5.01. The van der Waals surface area contributed by atoms with Crippen LogP contribution >= 0.6 is 11.3 Å². The molecule has 0 unspecified atom stereocenters. The standard InChI is InChI=1S/C16H13FN4O5S/c1-26-12-9-11(23)8(15(24)25)6-21(16-18-2-3-27-16)13(9)19-14(10(12)17)20-4-7(22)5-20/h2-3,6-7,22H,4-5H2,1H3,(H,24,25). The fourth-order valence-electron chi connectivity index (χ4n) is 2.94. The van der Waals surface area contributed by atoms with E-state index < -0.39 is 34.6 Å². The van der Waals surface area contributed by atoms with Crippen LogP contribution in [0.1, 0.15) is 10.4 Å². The number of anilines is 1. The van der Waals surface area contributed by atoms with Gasteiger partial charge in [-0.3, -0.25) is 9.36 Å². The molecule has 0 aromatic carbocycles. The molecule has 1 aliphatic heterocycles. The van der Waals surface area contributed by atoms with Crippen molar-refractivity contribution in [2.75, 3.05) is 25.1 Å². The minimum absolute atomic E-state index is 0.0228. The van der Waals surface area contributed by atoms with Gasteiger partial charge in [-0.2, -0.15) is 4.39 Å². The predicted octanol–water partition coefficient (Wildman–Crippen LogP) is 0.869. The molecule has 0 saturated carbocycles. The Morgan fingerprint density at radius 2 is 2.19 bits per heavy atom. The number of fused-ring (bicyclic) bond motifs is 1. The molecule has 0 spiro atoms. The number of hydrogen-bond acceptors (Lipinski definition) is 8. The molecular formula is C16H13FN4O5S. The van der Waals surface area contributed by atoms with Crippen molar-refractivity contribution in [1.82, 2.24) is 14.5 Å². The van der Waals surface area contributed by atoms with E-state index in [0.717, 1.165) is 6.20 Å². The zero-order chi connectivity index (χ0) is 19.3. The second kappa shape index (κ2) is 6.28. The summed E-state index contributed by atoms with van der Waals surface area (Å²) in [5.74, 6) is -2.82. The van der Waals surface area contributed by atoms with Gasteiger partial charge < -0.3 is 19.8 Å². The van der Waals surface area contributed by atoms with Crippen LogP contribution in [0.15, 0.2) is 22.6 Å². The fourth-order valence-corrected chi connectivity index (χ4v) is 3.56. The van der Waals surface area contributed by atoms with Gasteiger partial charge in [-0.1, -0.05) is 0 Å². The van der Waals surface area contributed by atoms with E-state index in [0.29, 0.717) is 5.13 Å². The Morgan fingerprint density at radius 1 is 1.44 bits per heavy atom. The maximum absolute atomic E-state index is 15.0. The smallest absolute Gasteiger partial charge is 0.341 e. The Kier molecular flexibility index (Phi) is 4.04. The number of nitrogens with zero attached hydrogens (tertiary/aromatic N) is 4. The summed E-state index contributed by atoms with van der Waals surface area (Å²) in [5.41, 5.74) is -1.43. The molecule has 3 aromatic heterocycles. The number of aromatic nitrogens is 3. The fraction of sp³-hybridized carbons (Fsp3) is 0.250. The van der Waals surface area contributed by atoms with Crippen LogP contribution in [0.3, 0.4) is 0 Å². The van der Waals surface area contributed by atoms with Gasteiger partial charge in [0.05, 0.1) is 13.2 Å². The molecule has 0 aliphatic carbocycles. The summed E-state index contributed by atoms with van der Waals surface area (Å²) in [7, 11) is 1.19. The van der Waals surface area contributed by atoms with Gasteiger partial charge in [0, 0.05) is 30.9 Å². The molecule has 3 aromatic rings. The van der Waals surface area contributed by atoms with E-state index in [1.165, 1.54) is 34.1 Å². The maximum atomic E-state index is 15.0. The molecule has 1 fully saturated rings. The van der Waals surface area contributed by atoms with Crippen molar-refractivity contribution in [2.24, 2.45) is 0 Å². The molecule has 0 amide bonds. The summed E-state index contributed by atoms with van der Waals surface area (Å²) < 4.78 is 21.4. The van der Waals surface area contributed by atoms with Crippen LogP contribution < -0.4 is 15.1 Å². The third-order valence-electron chi connectivity index (χ3n) is 4.24. The topological polar surface area (TPSA) is 118 Å². The number of aromatic carboxylic acids is 1. The van der Waals surface area contributed by atoms with Crippen molar-refractivity contribution in [2.45, 2.75) is 6.10 Å². The molecule has 1 saturated heterocycles. The summed E-state index contributed by atoms with van der Waals surface area (Å²) in [4.78, 5) is 34.1. The highest BCUT2D eigenvalue weighted by atomic mass is 32.1. The van der Waals surface area contributed by atoms with E-state index in [1.54, 1.807) is 5.38 Å². The van der Waals surface area contributed by atoms with Crippen LogP contribution in [0.4, 0.5) is 10.2 Å². The Bertz CT molecular complexity index is 1110. The van der Waals surface area contributed by atoms with Gasteiger partial charge in [-0.25, -0.2) is 14.8 Å². The Labute approximate surface area is 154 Å². The van der Waals surface area contributed by atoms with E-state index >= 15 is 0 Å². The quantitative estimate of drug-likeness (QED) is 0.672. The average molecular weight is 392 g/mol. The molecule has 11 heteroatoms. The maximum Gasteiger partial charge on any atom is 0.341 e. The van der Waals surface area contributed by atoms with Crippen LogP contribution in [0.2, 0.25) is 0 Å². The van der Waals surface area contributed by atoms with Gasteiger partial charge in [-0.15, -0.1) is 11.3 Å². The number of aliphatic hydroxyl groups excluding tert-OH is 1. The highest BCUT2D eigenvalue weighted by Crippen LogP contribution is 2.34. The minimum atomic E-state index is -1.45. The van der Waals surface area contributed by atoms with Crippen molar-refractivity contribution in [3.8, 4) is 10.9 Å². The van der Waals surface area contributed by atoms with Crippen LogP contribution in [0.25, 0.3) is 16.2 Å². The Balaban J connectivity index is 2.12. The number of ether oxygens (including phenoxy) is 1. The van der Waals surface area contributed by atoms with Crippen LogP contribution in [-0.4, -0.2) is 57.0 Å². The number of hydrogen-bond donors (Lipinski definition) is 2. The van der Waals surface area contributed by atoms with Gasteiger partial charge in [0.2, 0.25) is 11.2 Å². The Morgan fingerprint density at radius 3 is 2.74 bits per heavy atom. The lowest BCUT2D eigenvalue weighted by Crippen LogP contribution is -2.51. The van der Waals surface area contributed by atoms with Crippen LogP contribution in [-0.2, 0) is 0 Å². The molecule has 2 N–H and O–H groups in total. The second-order valence-corrected chi connectivity index (χ2v) is 6.77. The molecule has 0 bridgehead atoms. The van der Waals surface area contributed by atoms with E-state index in [1.807, 2.05) is 0 Å². The number of β-amino-alcohol motifs (C(OH)–C–C–N with tert-alkyl or cyclic N) is 1. The van der Waals surface area contributed by atoms with Gasteiger partial charge in [-0.05, 0) is 0 Å². The van der Waals surface area contributed by atoms with Crippen molar-refractivity contribution in [3.05, 3.63) is 39.4 Å². The van der Waals surface area contributed by atoms with Crippen molar-refractivity contribution >= 4 is 34.2 Å². The number of thiazole rings is 1. The Hall–Kier alpha value is -3.05. The molecule has 4 heterocycles. The monoisotopic (exact) mass is 392 g/mol. The number of carboxylic acids is 1. The summed E-state index contributed by atoms with van der Waals surface area (Å²) in [6.45, 7) is 0.376. The normalized spacial score (nSPS) is 14.4. The molecule has 27 heavy (non-hydrogen) atoms. The molecule has 0 radical (unpaired) electrons. The zero-order valence-electron chi connectivity index (χ0n) is 13.9. The highest BCUT2D eigenvalue weighted by Gasteiger charge is 2.32. The van der Waals surface area contributed by atoms with E-state index in [-0.39, 0.29) is 29.9 Å². The van der Waals surface area contributed by atoms with Crippen LogP contribution in [0, 0.1) is 5.82 Å². The highest BCUT2D eigenvalue weighted by molar-refractivity contribution is 7.12. The van der Waals surface area contributed by atoms with Gasteiger partial charge in [0.15, 0.2) is 22.3 Å². The second-order valence-electron chi connectivity index (χ2n) is 5.90. The number of carboxylic acid groups (broad SMARTS) is 1. The summed E-state index contributed by atoms with van der Waals surface area (Å²) in [5, 5.41) is 20.6. The lowest BCUT2D eigenvalue weighted by molar-refractivity contribution is 0.0695. The first kappa shape index (κ1) is 17.4. The van der Waals surface area contributed by atoms with Crippen LogP contribution in [0.5, 0.6) is 5.75 Å². The van der Waals surface area contributed by atoms with E-state index in [9.17, 15) is 24.2 Å². The summed E-state index contributed by atoms with van der Waals surface area (Å²) in [6, 6.07) is 0. The first-order valence-electron chi connectivity index (χ1n) is 7.81. The van der Waals surface area contributed by atoms with Crippen molar-refractivity contribution in [1.29, 1.82) is 0 Å². The average Bonchev–Trinajstić information content (AvgIpc) is 3.13. The lowest BCUT2D eigenvalue weighted by atomic mass is 10.1. The number of aliphatic hydroxyl groups is 1. The molecule has 140 valence electrons. The van der Waals surface area contributed by atoms with Gasteiger partial charge in [0.1, 0.15) is 10.9 Å². The minimum Gasteiger partial charge on any atom is -0.493 e. The molecule has 1 aliphatic rings. The van der Waals surface area contributed by atoms with E-state index in [2.05, 4.69) is 9.97 Å². The lowest BCUT2D eigenvalue weighted by Gasteiger charge is -2.37. The van der Waals surface area contributed by atoms with Gasteiger partial charge in [0.25, 0.3) is 0 Å². The zero-order valence-corrected chi connectivity index (χ0v) is 14.7. The largest absolute Gasteiger partial charge is 0.493 e. The van der Waals surface area contributed by atoms with Crippen molar-refractivity contribution < 1.29 is 24.1 Å².